The molecule has 6 aliphatic heterocycles. The molecule has 12 rings (SSSR count). The van der Waals surface area contributed by atoms with E-state index in [4.69, 9.17) is 33.9 Å². The van der Waals surface area contributed by atoms with Crippen molar-refractivity contribution in [2.45, 2.75) is 80.6 Å². The molecule has 434 valence electrons. The SMILES string of the molecule is C=CC1CN2C(C=CC3CN4CCC3CC4[C@@H](NC(=S)Nc3cc(C(F)(F)F)cc(C(F)(F)F)c3)c3ccnc4ccc(OC)cc34)CC1CC2[C@H](NC(=S)Nc1cc(C(F)(F)F)cc(C(F)(F)F)c1)c1ccnc2ccc(OC)cc12. The Balaban J connectivity index is 0.941. The molecule has 24 heteroatoms. The van der Waals surface area contributed by atoms with E-state index >= 15 is 0 Å². The monoisotopic (exact) mass is 1190 g/mol. The summed E-state index contributed by atoms with van der Waals surface area (Å²) in [6.45, 7) is 6.00. The molecule has 82 heavy (non-hydrogen) atoms. The van der Waals surface area contributed by atoms with Gasteiger partial charge in [0.05, 0.1) is 59.6 Å². The van der Waals surface area contributed by atoms with Crippen LogP contribution in [0.2, 0.25) is 0 Å². The molecule has 0 spiro atoms. The van der Waals surface area contributed by atoms with Crippen molar-refractivity contribution in [1.82, 2.24) is 30.4 Å². The molecular formula is C58H54F12N8O2S2. The van der Waals surface area contributed by atoms with E-state index in [1.807, 2.05) is 24.3 Å². The maximum absolute atomic E-state index is 14.0. The number of nitrogens with one attached hydrogen (secondary N) is 4. The summed E-state index contributed by atoms with van der Waals surface area (Å²) in [5, 5.41) is 12.8. The number of hydrogen-bond donors (Lipinski definition) is 4. The van der Waals surface area contributed by atoms with Crippen LogP contribution in [0.3, 0.4) is 0 Å². The quantitative estimate of drug-likeness (QED) is 0.0504. The van der Waals surface area contributed by atoms with Gasteiger partial charge in [-0.2, -0.15) is 52.7 Å². The van der Waals surface area contributed by atoms with E-state index in [1.54, 1.807) is 42.7 Å². The second kappa shape index (κ2) is 22.8. The molecule has 11 atom stereocenters. The van der Waals surface area contributed by atoms with Gasteiger partial charge < -0.3 is 30.7 Å². The van der Waals surface area contributed by atoms with Crippen molar-refractivity contribution in [2.75, 3.05) is 44.5 Å². The van der Waals surface area contributed by atoms with Crippen LogP contribution < -0.4 is 30.7 Å². The normalized spacial score (nSPS) is 24.5. The molecule has 0 amide bonds. The standard InChI is InChI=1S/C58H54F12N8O2S2/c1-4-30-29-78-40(17-33(30)19-50(78)52(44-12-15-72-48-10-8-42(80-3)27-46(44)48)76-54(82)74-39-24-36(57(65,66)67)21-37(25-39)58(68,69)70)6-5-32-28-77-16-13-31(32)18-49(77)51(43-11-14-71-47-9-7-41(79-2)26-45(43)47)75-53(81)73-38-22-34(55(59,60)61)20-35(23-38)56(62,63)64/h4-12,14-15,20-27,30-33,40,49-52H,1,13,16-19,28-29H2,2-3H3,(H2,73,75,81)(H2,74,76,82)/t30?,31?,32?,33?,40?,49?,50?,51-,52+/m0/s1. The summed E-state index contributed by atoms with van der Waals surface area (Å²) in [5.41, 5.74) is -4.34. The number of alkyl halides is 12. The van der Waals surface area contributed by atoms with Crippen LogP contribution in [-0.4, -0.2) is 82.0 Å². The maximum Gasteiger partial charge on any atom is 0.416 e. The smallest absolute Gasteiger partial charge is 0.416 e. The number of nitrogens with zero attached hydrogens (tertiary/aromatic N) is 4. The van der Waals surface area contributed by atoms with Crippen LogP contribution in [0.1, 0.15) is 71.1 Å². The zero-order chi connectivity index (χ0) is 58.6. The number of methoxy groups -OCH3 is 2. The van der Waals surface area contributed by atoms with Crippen LogP contribution in [0, 0.1) is 23.7 Å². The molecular weight excluding hydrogens is 1130 g/mol. The second-order valence-corrected chi connectivity index (χ2v) is 22.0. The van der Waals surface area contributed by atoms with Gasteiger partial charge in [-0.15, -0.1) is 6.58 Å². The van der Waals surface area contributed by atoms with Crippen molar-refractivity contribution in [1.29, 1.82) is 0 Å². The van der Waals surface area contributed by atoms with Gasteiger partial charge in [0.15, 0.2) is 10.2 Å². The summed E-state index contributed by atoms with van der Waals surface area (Å²) in [5.74, 6) is 1.43. The van der Waals surface area contributed by atoms with E-state index in [1.165, 1.54) is 14.2 Å². The minimum atomic E-state index is -5.09. The highest BCUT2D eigenvalue weighted by molar-refractivity contribution is 7.80. The van der Waals surface area contributed by atoms with Crippen molar-refractivity contribution < 1.29 is 62.2 Å². The lowest BCUT2D eigenvalue weighted by Crippen LogP contribution is -2.61. The van der Waals surface area contributed by atoms with Crippen LogP contribution in [0.25, 0.3) is 21.8 Å². The van der Waals surface area contributed by atoms with Crippen LogP contribution >= 0.6 is 24.4 Å². The Bertz CT molecular complexity index is 3360. The number of piperidine rings is 6. The Hall–Kier alpha value is -6.76. The minimum absolute atomic E-state index is 0.0440. The summed E-state index contributed by atoms with van der Waals surface area (Å²) in [6, 6.07) is 14.6. The fraction of sp³-hybridized carbons (Fsp3) is 0.379. The lowest BCUT2D eigenvalue weighted by molar-refractivity contribution is -0.144. The van der Waals surface area contributed by atoms with Gasteiger partial charge in [-0.1, -0.05) is 18.2 Å². The zero-order valence-corrected chi connectivity index (χ0v) is 45.4. The maximum atomic E-state index is 14.0. The van der Waals surface area contributed by atoms with Crippen molar-refractivity contribution in [3.05, 3.63) is 156 Å². The molecule has 6 aromatic rings. The number of anilines is 2. The Morgan fingerprint density at radius 2 is 1.05 bits per heavy atom. The van der Waals surface area contributed by atoms with Crippen LogP contribution in [-0.2, 0) is 24.7 Å². The Kier molecular flexibility index (Phi) is 16.2. The number of rotatable bonds is 13. The first-order valence-corrected chi connectivity index (χ1v) is 27.0. The molecule has 0 radical (unpaired) electrons. The molecule has 6 aliphatic rings. The summed E-state index contributed by atoms with van der Waals surface area (Å²) in [7, 11) is 3.03. The summed E-state index contributed by atoms with van der Waals surface area (Å²) >= 11 is 11.5. The van der Waals surface area contributed by atoms with Gasteiger partial charge in [0.1, 0.15) is 11.5 Å². The summed E-state index contributed by atoms with van der Waals surface area (Å²) < 4.78 is 179. The van der Waals surface area contributed by atoms with Gasteiger partial charge in [-0.25, -0.2) is 0 Å². The van der Waals surface area contributed by atoms with Crippen LogP contribution in [0.15, 0.2) is 122 Å². The fourth-order valence-corrected chi connectivity index (χ4v) is 13.0. The van der Waals surface area contributed by atoms with E-state index in [0.717, 1.165) is 18.4 Å². The third kappa shape index (κ3) is 12.4. The number of thiocarbonyl (C=S) groups is 2. The number of ether oxygens (including phenoxy) is 2. The van der Waals surface area contributed by atoms with Gasteiger partial charge >= 0.3 is 24.7 Å². The van der Waals surface area contributed by atoms with Crippen molar-refractivity contribution in [3.63, 3.8) is 0 Å². The molecule has 2 aromatic heterocycles. The average molecular weight is 1190 g/mol. The highest BCUT2D eigenvalue weighted by Gasteiger charge is 2.49. The molecule has 0 saturated carbocycles. The Morgan fingerprint density at radius 3 is 1.46 bits per heavy atom. The lowest BCUT2D eigenvalue weighted by Gasteiger charge is -2.55. The molecule has 9 unspecified atom stereocenters. The topological polar surface area (TPSA) is 98.8 Å². The van der Waals surface area contributed by atoms with Crippen molar-refractivity contribution in [3.8, 4) is 11.5 Å². The molecule has 8 heterocycles. The Morgan fingerprint density at radius 1 is 0.585 bits per heavy atom. The van der Waals surface area contributed by atoms with E-state index in [0.29, 0.717) is 95.6 Å². The van der Waals surface area contributed by atoms with E-state index < -0.39 is 70.4 Å². The molecule has 6 saturated heterocycles. The van der Waals surface area contributed by atoms with Gasteiger partial charge in [0, 0.05) is 65.8 Å². The van der Waals surface area contributed by atoms with Gasteiger partial charge in [-0.05, 0) is 176 Å². The Labute approximate surface area is 474 Å². The first-order chi connectivity index (χ1) is 38.8. The number of pyridine rings is 2. The highest BCUT2D eigenvalue weighted by atomic mass is 32.1. The second-order valence-electron chi connectivity index (χ2n) is 21.2. The first-order valence-electron chi connectivity index (χ1n) is 26.2. The highest BCUT2D eigenvalue weighted by Crippen LogP contribution is 2.48. The first kappa shape index (κ1) is 58.4. The van der Waals surface area contributed by atoms with E-state index in [2.05, 4.69) is 59.8 Å². The number of hydrogen-bond acceptors (Lipinski definition) is 8. The predicted molar refractivity (Wildman–Crippen MR) is 295 cm³/mol. The molecule has 10 nitrogen and oxygen atoms in total. The third-order valence-electron chi connectivity index (χ3n) is 16.4. The molecule has 0 aliphatic carbocycles. The zero-order valence-electron chi connectivity index (χ0n) is 43.8. The number of aromatic nitrogens is 2. The van der Waals surface area contributed by atoms with E-state index in [-0.39, 0.29) is 64.2 Å². The van der Waals surface area contributed by atoms with Crippen molar-refractivity contribution in [2.24, 2.45) is 23.7 Å². The van der Waals surface area contributed by atoms with Crippen LogP contribution in [0.5, 0.6) is 11.5 Å². The molecule has 4 N–H and O–H groups in total. The largest absolute Gasteiger partial charge is 0.497 e. The fourth-order valence-electron chi connectivity index (χ4n) is 12.5. The van der Waals surface area contributed by atoms with Crippen LogP contribution in [0.4, 0.5) is 64.1 Å². The van der Waals surface area contributed by atoms with Gasteiger partial charge in [-0.3, -0.25) is 19.8 Å². The molecule has 4 aromatic carbocycles. The number of fused-ring (bicyclic) bond motifs is 8. The average Bonchev–Trinajstić information content (AvgIpc) is 3.54. The van der Waals surface area contributed by atoms with Gasteiger partial charge in [0.2, 0.25) is 0 Å². The summed E-state index contributed by atoms with van der Waals surface area (Å²) in [4.78, 5) is 13.8. The lowest BCUT2D eigenvalue weighted by atomic mass is 9.69. The molecule has 6 fully saturated rings. The number of benzene rings is 4. The number of halogens is 12. The molecule has 4 bridgehead atoms. The van der Waals surface area contributed by atoms with Crippen molar-refractivity contribution >= 4 is 67.8 Å². The summed E-state index contributed by atoms with van der Waals surface area (Å²) in [6.07, 6.45) is -7.90. The third-order valence-corrected chi connectivity index (χ3v) is 16.8. The van der Waals surface area contributed by atoms with E-state index in [9.17, 15) is 52.7 Å². The minimum Gasteiger partial charge on any atom is -0.497 e. The predicted octanol–water partition coefficient (Wildman–Crippen LogP) is 14.2. The van der Waals surface area contributed by atoms with Gasteiger partial charge in [0.25, 0.3) is 0 Å².